The summed E-state index contributed by atoms with van der Waals surface area (Å²) in [4.78, 5) is 8.29. The third kappa shape index (κ3) is 9.06. The molecule has 3 nitrogen and oxygen atoms in total. The van der Waals surface area contributed by atoms with Crippen molar-refractivity contribution < 1.29 is 0 Å². The first-order valence-corrected chi connectivity index (χ1v) is 33.4. The zero-order chi connectivity index (χ0) is 62.4. The van der Waals surface area contributed by atoms with Gasteiger partial charge >= 0.3 is 0 Å². The Bertz CT molecular complexity index is 4530. The molecule has 3 aliphatic carbocycles. The van der Waals surface area contributed by atoms with Crippen molar-refractivity contribution in [1.29, 1.82) is 0 Å². The van der Waals surface area contributed by atoms with Crippen LogP contribution in [-0.2, 0) is 27.1 Å². The fraction of sp³-hybridized carbons (Fsp3) is 0.302. The smallest absolute Gasteiger partial charge is 0.252 e. The van der Waals surface area contributed by atoms with E-state index < -0.39 is 0 Å². The maximum absolute atomic E-state index is 3.41. The van der Waals surface area contributed by atoms with Gasteiger partial charge in [-0.05, 0) is 216 Å². The molecule has 90 heavy (non-hydrogen) atoms. The van der Waals surface area contributed by atoms with E-state index in [9.17, 15) is 0 Å². The Hall–Kier alpha value is -8.52. The maximum atomic E-state index is 3.41. The number of hydrogen-bond donors (Lipinski definition) is 0. The predicted octanol–water partition coefficient (Wildman–Crippen LogP) is 21.2. The molecule has 9 aromatic rings. The van der Waals surface area contributed by atoms with Crippen molar-refractivity contribution in [1.82, 2.24) is 0 Å². The van der Waals surface area contributed by atoms with Crippen LogP contribution in [0, 0.1) is 0 Å². The van der Waals surface area contributed by atoms with Gasteiger partial charge in [-0.15, -0.1) is 0 Å². The highest BCUT2D eigenvalue weighted by Crippen LogP contribution is 2.65. The number of hydrogen-bond acceptors (Lipinski definition) is 3. The molecule has 3 unspecified atom stereocenters. The number of anilines is 8. The van der Waals surface area contributed by atoms with Crippen LogP contribution < -0.4 is 31.1 Å². The summed E-state index contributed by atoms with van der Waals surface area (Å²) >= 11 is 0. The monoisotopic (exact) mass is 1170 g/mol. The van der Waals surface area contributed by atoms with Crippen LogP contribution in [0.2, 0.25) is 0 Å². The molecule has 3 aliphatic heterocycles. The molecule has 0 amide bonds. The van der Waals surface area contributed by atoms with Crippen LogP contribution in [0.15, 0.2) is 218 Å². The minimum Gasteiger partial charge on any atom is -0.334 e. The summed E-state index contributed by atoms with van der Waals surface area (Å²) in [5, 5.41) is 0. The van der Waals surface area contributed by atoms with Crippen LogP contribution in [0.4, 0.5) is 45.5 Å². The SMILES string of the molecule is CC1CCC(C)(C)c2cc3c(cc21)N(c1ccc(C(C)(C)C)cc1C1=CC=C=C=C1)c1cc(N2c4ccc(C(C)(C)C)cc4C4(c5ccc(C(C)(C)C)cc5)CCCCC24C)cc2c1B3c1ccc(-c3ccccc3)cc1N2c1cccc(-c2ccccc2)c1. The van der Waals surface area contributed by atoms with Gasteiger partial charge in [0, 0.05) is 50.8 Å². The zero-order valence-corrected chi connectivity index (χ0v) is 55.4. The Morgan fingerprint density at radius 2 is 1.08 bits per heavy atom. The molecule has 6 aliphatic rings. The minimum atomic E-state index is -0.355. The Labute approximate surface area is 537 Å². The molecule has 448 valence electrons. The van der Waals surface area contributed by atoms with Gasteiger partial charge in [0.15, 0.2) is 0 Å². The van der Waals surface area contributed by atoms with Gasteiger partial charge in [-0.2, -0.15) is 0 Å². The van der Waals surface area contributed by atoms with Crippen LogP contribution in [0.1, 0.15) is 179 Å². The average molecular weight is 1170 g/mol. The van der Waals surface area contributed by atoms with E-state index in [2.05, 4.69) is 316 Å². The third-order valence-electron chi connectivity index (χ3n) is 22.0. The zero-order valence-electron chi connectivity index (χ0n) is 55.4. The lowest BCUT2D eigenvalue weighted by molar-refractivity contribution is 0.215. The molecular formula is C86H86BN3. The van der Waals surface area contributed by atoms with E-state index in [1.165, 1.54) is 129 Å². The van der Waals surface area contributed by atoms with Gasteiger partial charge in [0.1, 0.15) is 0 Å². The van der Waals surface area contributed by atoms with E-state index in [-0.39, 0.29) is 39.3 Å². The summed E-state index contributed by atoms with van der Waals surface area (Å²) in [6, 6.07) is 74.4. The Kier molecular flexibility index (Phi) is 13.4. The number of nitrogens with zero attached hydrogens (tertiary/aromatic N) is 3. The molecule has 0 spiro atoms. The Balaban J connectivity index is 1.10. The van der Waals surface area contributed by atoms with Crippen molar-refractivity contribution >= 4 is 74.2 Å². The summed E-state index contributed by atoms with van der Waals surface area (Å²) in [6.45, 7) is 31.3. The summed E-state index contributed by atoms with van der Waals surface area (Å²) in [6.07, 6.45) is 13.2. The fourth-order valence-electron chi connectivity index (χ4n) is 16.9. The van der Waals surface area contributed by atoms with E-state index in [4.69, 9.17) is 0 Å². The third-order valence-corrected chi connectivity index (χ3v) is 22.0. The molecule has 1 fully saturated rings. The predicted molar refractivity (Wildman–Crippen MR) is 385 cm³/mol. The van der Waals surface area contributed by atoms with Gasteiger partial charge in [0.05, 0.1) is 11.2 Å². The maximum Gasteiger partial charge on any atom is 0.252 e. The first-order chi connectivity index (χ1) is 43.0. The largest absolute Gasteiger partial charge is 0.334 e. The molecule has 0 saturated heterocycles. The summed E-state index contributed by atoms with van der Waals surface area (Å²) in [5.41, 5.74) is 36.7. The molecule has 0 N–H and O–H groups in total. The lowest BCUT2D eigenvalue weighted by atomic mass is 9.33. The van der Waals surface area contributed by atoms with Crippen molar-refractivity contribution in [3.63, 3.8) is 0 Å². The number of allylic oxidation sites excluding steroid dienone is 4. The summed E-state index contributed by atoms with van der Waals surface area (Å²) in [7, 11) is 0. The van der Waals surface area contributed by atoms with Crippen molar-refractivity contribution in [3.05, 3.63) is 262 Å². The number of benzene rings is 9. The van der Waals surface area contributed by atoms with Crippen LogP contribution in [0.5, 0.6) is 0 Å². The highest BCUT2D eigenvalue weighted by atomic mass is 15.3. The number of rotatable bonds is 7. The lowest BCUT2D eigenvalue weighted by Gasteiger charge is -2.53. The molecule has 0 bridgehead atoms. The van der Waals surface area contributed by atoms with E-state index >= 15 is 0 Å². The van der Waals surface area contributed by atoms with Crippen LogP contribution in [0.25, 0.3) is 27.8 Å². The lowest BCUT2D eigenvalue weighted by Crippen LogP contribution is -2.62. The van der Waals surface area contributed by atoms with Gasteiger partial charge in [-0.3, -0.25) is 0 Å². The standard InChI is InChI=1S/C86H86BN3/c1-56-44-47-84(11,12)70-55-73-77(54-68(56)70)89(74-42-39-64(82(5,6)7)50-69(74)59-30-21-16-22-31-59)79-53-67(90-75-43-40-65(83(8,9)10)51-71(75)86(46-24-23-45-85(86,90)13)63-37-35-62(36-38-63)81(2,3)4)52-78-80(79)87(73)72-41-34-61(58-28-19-15-20-29-58)49-76(72)88(78)66-33-25-32-60(48-66)57-26-17-14-18-27-57/h14-15,17-21,25-43,48-56H,23-24,44-47H2,1-13H3. The highest BCUT2D eigenvalue weighted by Gasteiger charge is 2.62. The number of fused-ring (bicyclic) bond motifs is 8. The minimum absolute atomic E-state index is 0.00581. The van der Waals surface area contributed by atoms with Gasteiger partial charge in [-0.25, -0.2) is 0 Å². The second-order valence-corrected chi connectivity index (χ2v) is 31.1. The van der Waals surface area contributed by atoms with E-state index in [0.717, 1.165) is 43.4 Å². The molecule has 0 aromatic heterocycles. The topological polar surface area (TPSA) is 9.72 Å². The molecule has 0 radical (unpaired) electrons. The van der Waals surface area contributed by atoms with Crippen LogP contribution in [0.3, 0.4) is 0 Å². The van der Waals surface area contributed by atoms with Gasteiger partial charge in [0.2, 0.25) is 0 Å². The van der Waals surface area contributed by atoms with E-state index in [1.54, 1.807) is 0 Å². The molecule has 9 aromatic carbocycles. The quantitative estimate of drug-likeness (QED) is 0.116. The van der Waals surface area contributed by atoms with Crippen molar-refractivity contribution in [2.24, 2.45) is 0 Å². The highest BCUT2D eigenvalue weighted by molar-refractivity contribution is 7.00. The van der Waals surface area contributed by atoms with E-state index in [0.29, 0.717) is 5.92 Å². The van der Waals surface area contributed by atoms with Crippen molar-refractivity contribution in [3.8, 4) is 22.3 Å². The molecule has 15 rings (SSSR count). The van der Waals surface area contributed by atoms with Crippen molar-refractivity contribution in [2.45, 2.75) is 167 Å². The second-order valence-electron chi connectivity index (χ2n) is 31.1. The van der Waals surface area contributed by atoms with Crippen LogP contribution in [-0.4, -0.2) is 12.3 Å². The van der Waals surface area contributed by atoms with Gasteiger partial charge in [-0.1, -0.05) is 241 Å². The summed E-state index contributed by atoms with van der Waals surface area (Å²) < 4.78 is 0. The molecule has 4 heteroatoms. The molecule has 3 atom stereocenters. The van der Waals surface area contributed by atoms with Crippen LogP contribution >= 0.6 is 0 Å². The summed E-state index contributed by atoms with van der Waals surface area (Å²) in [5.74, 6) is 0.404. The van der Waals surface area contributed by atoms with E-state index in [1.807, 2.05) is 6.08 Å². The normalized spacial score (nSPS) is 20.2. The first-order valence-electron chi connectivity index (χ1n) is 33.4. The van der Waals surface area contributed by atoms with Gasteiger partial charge in [0.25, 0.3) is 6.71 Å². The molecule has 1 saturated carbocycles. The molecular weight excluding hydrogens is 1090 g/mol. The Morgan fingerprint density at radius 1 is 0.467 bits per heavy atom. The van der Waals surface area contributed by atoms with Gasteiger partial charge < -0.3 is 14.7 Å². The average Bonchev–Trinajstić information content (AvgIpc) is 1.33. The Morgan fingerprint density at radius 3 is 1.74 bits per heavy atom. The fourth-order valence-corrected chi connectivity index (χ4v) is 16.9. The van der Waals surface area contributed by atoms with Crippen molar-refractivity contribution in [2.75, 3.05) is 14.7 Å². The first kappa shape index (κ1) is 57.9. The molecule has 3 heterocycles. The second kappa shape index (κ2) is 20.8.